The number of aromatic nitrogens is 1. The lowest BCUT2D eigenvalue weighted by atomic mass is 9.81. The summed E-state index contributed by atoms with van der Waals surface area (Å²) in [6.07, 6.45) is 9.04. The molecule has 144 valence electrons. The summed E-state index contributed by atoms with van der Waals surface area (Å²) in [5, 5.41) is 5.83. The van der Waals surface area contributed by atoms with Crippen molar-refractivity contribution in [1.29, 1.82) is 0 Å². The fourth-order valence-electron chi connectivity index (χ4n) is 4.08. The molecule has 1 aromatic carbocycles. The zero-order valence-electron chi connectivity index (χ0n) is 16.6. The van der Waals surface area contributed by atoms with Crippen molar-refractivity contribution in [2.45, 2.75) is 57.7 Å². The Kier molecular flexibility index (Phi) is 5.16. The highest BCUT2D eigenvalue weighted by atomic mass is 16.5. The minimum atomic E-state index is 0.0146. The van der Waals surface area contributed by atoms with Gasteiger partial charge in [0.2, 0.25) is 0 Å². The number of ether oxygens (including phenoxy) is 1. The summed E-state index contributed by atoms with van der Waals surface area (Å²) in [6, 6.07) is 8.04. The van der Waals surface area contributed by atoms with Gasteiger partial charge in [-0.25, -0.2) is 0 Å². The molecule has 27 heavy (non-hydrogen) atoms. The van der Waals surface area contributed by atoms with Gasteiger partial charge in [0.25, 0.3) is 0 Å². The lowest BCUT2D eigenvalue weighted by Crippen LogP contribution is -2.59. The zero-order valence-corrected chi connectivity index (χ0v) is 16.6. The minimum Gasteiger partial charge on any atom is -0.476 e. The van der Waals surface area contributed by atoms with Gasteiger partial charge in [0.1, 0.15) is 6.10 Å². The molecule has 0 radical (unpaired) electrons. The van der Waals surface area contributed by atoms with Gasteiger partial charge in [-0.15, -0.1) is 0 Å². The first-order valence-corrected chi connectivity index (χ1v) is 9.37. The first-order chi connectivity index (χ1) is 12.6. The fraction of sp³-hybridized carbons (Fsp3) is 0.409. The molecule has 2 aromatic rings. The Morgan fingerprint density at radius 3 is 2.48 bits per heavy atom. The summed E-state index contributed by atoms with van der Waals surface area (Å²) in [4.78, 5) is 4.16. The van der Waals surface area contributed by atoms with Gasteiger partial charge in [0, 0.05) is 47.4 Å². The average molecular weight is 367 g/mol. The monoisotopic (exact) mass is 366 g/mol. The summed E-state index contributed by atoms with van der Waals surface area (Å²) < 4.78 is 6.01. The predicted molar refractivity (Wildman–Crippen MR) is 112 cm³/mol. The molecule has 1 aliphatic heterocycles. The van der Waals surface area contributed by atoms with Crippen LogP contribution in [0.4, 0.5) is 0 Å². The molecule has 1 aromatic heterocycles. The van der Waals surface area contributed by atoms with Crippen LogP contribution in [-0.4, -0.2) is 22.2 Å². The highest BCUT2D eigenvalue weighted by molar-refractivity contribution is 5.85. The van der Waals surface area contributed by atoms with E-state index in [0.717, 1.165) is 29.2 Å². The van der Waals surface area contributed by atoms with Crippen LogP contribution < -0.4 is 16.8 Å². The lowest BCUT2D eigenvalue weighted by molar-refractivity contribution is 0.0130. The predicted octanol–water partition coefficient (Wildman–Crippen LogP) is 3.66. The number of nitrogens with zero attached hydrogens (tertiary/aromatic N) is 1. The fourth-order valence-corrected chi connectivity index (χ4v) is 4.08. The number of hydrogen-bond donors (Lipinski definition) is 3. The molecular formula is C22H30N4O. The number of rotatable bonds is 4. The van der Waals surface area contributed by atoms with Crippen LogP contribution in [0.1, 0.15) is 46.1 Å². The van der Waals surface area contributed by atoms with Gasteiger partial charge in [-0.3, -0.25) is 4.98 Å². The van der Waals surface area contributed by atoms with Crippen LogP contribution in [0.15, 0.2) is 54.7 Å². The van der Waals surface area contributed by atoms with E-state index in [1.54, 1.807) is 18.3 Å². The summed E-state index contributed by atoms with van der Waals surface area (Å²) in [6.45, 7) is 8.76. The smallest absolute Gasteiger partial charge is 0.184 e. The average Bonchev–Trinajstić information content (AvgIpc) is 2.56. The number of benzene rings is 1. The second-order valence-electron chi connectivity index (χ2n) is 8.67. The molecule has 0 atom stereocenters. The largest absolute Gasteiger partial charge is 0.476 e. The summed E-state index contributed by atoms with van der Waals surface area (Å²) in [7, 11) is 0. The summed E-state index contributed by atoms with van der Waals surface area (Å²) in [5.41, 5.74) is 13.9. The van der Waals surface area contributed by atoms with E-state index < -0.39 is 0 Å². The van der Waals surface area contributed by atoms with Crippen LogP contribution >= 0.6 is 0 Å². The first kappa shape index (κ1) is 19.2. The molecule has 1 saturated heterocycles. The van der Waals surface area contributed by atoms with Gasteiger partial charge in [0.15, 0.2) is 5.88 Å². The van der Waals surface area contributed by atoms with E-state index in [0.29, 0.717) is 11.6 Å². The molecule has 0 spiro atoms. The van der Waals surface area contributed by atoms with Gasteiger partial charge < -0.3 is 21.5 Å². The van der Waals surface area contributed by atoms with Crippen molar-refractivity contribution in [3.05, 3.63) is 60.3 Å². The molecule has 3 rings (SSSR count). The second kappa shape index (κ2) is 7.24. The van der Waals surface area contributed by atoms with E-state index in [-0.39, 0.29) is 17.2 Å². The first-order valence-electron chi connectivity index (χ1n) is 9.37. The van der Waals surface area contributed by atoms with Crippen molar-refractivity contribution in [3.8, 4) is 0 Å². The maximum absolute atomic E-state index is 6.23. The van der Waals surface area contributed by atoms with Crippen molar-refractivity contribution in [3.63, 3.8) is 0 Å². The van der Waals surface area contributed by atoms with Crippen LogP contribution in [0, 0.1) is 0 Å². The van der Waals surface area contributed by atoms with E-state index in [4.69, 9.17) is 16.2 Å². The highest BCUT2D eigenvalue weighted by Gasteiger charge is 2.38. The highest BCUT2D eigenvalue weighted by Crippen LogP contribution is 2.31. The number of nitrogens with two attached hydrogens (primary N) is 2. The SMILES string of the molecule is CC1(C)CC(O/C(N)=C/C=C(\N)c2ccc3ccncc3c2)CC(C)(C)N1. The quantitative estimate of drug-likeness (QED) is 0.568. The standard InChI is InChI=1S/C22H30N4O/c1-21(2)12-18(13-22(3,4)26-21)27-20(24)8-7-19(23)16-6-5-15-9-10-25-14-17(15)11-16/h5-11,14,18,26H,12-13,23-24H2,1-4H3/b19-7-,20-8+. The number of nitrogens with one attached hydrogen (secondary N) is 1. The molecule has 1 aliphatic rings. The lowest BCUT2D eigenvalue weighted by Gasteiger charge is -2.46. The molecule has 1 fully saturated rings. The third-order valence-electron chi connectivity index (χ3n) is 4.86. The van der Waals surface area contributed by atoms with E-state index in [9.17, 15) is 0 Å². The Hall–Kier alpha value is -2.53. The Labute approximate surface area is 161 Å². The van der Waals surface area contributed by atoms with E-state index in [2.05, 4.69) is 38.0 Å². The zero-order chi connectivity index (χ0) is 19.7. The molecule has 5 N–H and O–H groups in total. The normalized spacial score (nSPS) is 20.6. The molecule has 0 aliphatic carbocycles. The molecule has 5 nitrogen and oxygen atoms in total. The van der Waals surface area contributed by atoms with Crippen LogP contribution in [0.2, 0.25) is 0 Å². The number of pyridine rings is 1. The number of allylic oxidation sites excluding steroid dienone is 2. The van der Waals surface area contributed by atoms with Crippen molar-refractivity contribution >= 4 is 16.5 Å². The van der Waals surface area contributed by atoms with Crippen molar-refractivity contribution in [2.24, 2.45) is 11.5 Å². The molecular weight excluding hydrogens is 336 g/mol. The topological polar surface area (TPSA) is 86.2 Å². The third-order valence-corrected chi connectivity index (χ3v) is 4.86. The van der Waals surface area contributed by atoms with E-state index in [1.165, 1.54) is 0 Å². The van der Waals surface area contributed by atoms with E-state index >= 15 is 0 Å². The number of piperidine rings is 1. The minimum absolute atomic E-state index is 0.0146. The van der Waals surface area contributed by atoms with Gasteiger partial charge in [-0.2, -0.15) is 0 Å². The maximum Gasteiger partial charge on any atom is 0.184 e. The van der Waals surface area contributed by atoms with Crippen LogP contribution in [0.3, 0.4) is 0 Å². The molecule has 5 heteroatoms. The Morgan fingerprint density at radius 1 is 1.07 bits per heavy atom. The van der Waals surface area contributed by atoms with E-state index in [1.807, 2.05) is 30.5 Å². The van der Waals surface area contributed by atoms with Gasteiger partial charge in [-0.1, -0.05) is 12.1 Å². The molecule has 0 bridgehead atoms. The van der Waals surface area contributed by atoms with Crippen molar-refractivity contribution in [1.82, 2.24) is 10.3 Å². The van der Waals surface area contributed by atoms with Gasteiger partial charge >= 0.3 is 0 Å². The summed E-state index contributed by atoms with van der Waals surface area (Å²) in [5.74, 6) is 0.388. The maximum atomic E-state index is 6.23. The Balaban J connectivity index is 1.71. The van der Waals surface area contributed by atoms with Crippen LogP contribution in [0.5, 0.6) is 0 Å². The molecule has 0 unspecified atom stereocenters. The number of hydrogen-bond acceptors (Lipinski definition) is 5. The third kappa shape index (κ3) is 5.01. The second-order valence-corrected chi connectivity index (χ2v) is 8.67. The summed E-state index contributed by atoms with van der Waals surface area (Å²) >= 11 is 0. The number of fused-ring (bicyclic) bond motifs is 1. The molecule has 0 amide bonds. The van der Waals surface area contributed by atoms with Crippen LogP contribution in [-0.2, 0) is 4.74 Å². The van der Waals surface area contributed by atoms with Gasteiger partial charge in [0.05, 0.1) is 0 Å². The molecule has 2 heterocycles. The van der Waals surface area contributed by atoms with Gasteiger partial charge in [-0.05, 0) is 62.9 Å². The van der Waals surface area contributed by atoms with Crippen LogP contribution in [0.25, 0.3) is 16.5 Å². The van der Waals surface area contributed by atoms with Crippen molar-refractivity contribution in [2.75, 3.05) is 0 Å². The van der Waals surface area contributed by atoms with Crippen molar-refractivity contribution < 1.29 is 4.74 Å². The Bertz CT molecular complexity index is 867. The molecule has 0 saturated carbocycles. The Morgan fingerprint density at radius 2 is 1.78 bits per heavy atom.